The number of hydrogen-bond acceptors (Lipinski definition) is 2. The maximum atomic E-state index is 10.5. The predicted molar refractivity (Wildman–Crippen MR) is 46.0 cm³/mol. The van der Waals surface area contributed by atoms with E-state index in [-0.39, 0.29) is 5.56 Å². The quantitative estimate of drug-likeness (QED) is 0.722. The van der Waals surface area contributed by atoms with E-state index >= 15 is 0 Å². The SMILES string of the molecule is C=Cc1ncc(C(=O)O)cc1C. The third-order valence-electron chi connectivity index (χ3n) is 1.56. The van der Waals surface area contributed by atoms with Crippen LogP contribution >= 0.6 is 0 Å². The minimum absolute atomic E-state index is 0.207. The Labute approximate surface area is 70.4 Å². The molecule has 0 spiro atoms. The van der Waals surface area contributed by atoms with E-state index in [1.54, 1.807) is 19.1 Å². The Morgan fingerprint density at radius 1 is 1.75 bits per heavy atom. The summed E-state index contributed by atoms with van der Waals surface area (Å²) in [5.41, 5.74) is 1.75. The zero-order chi connectivity index (χ0) is 9.14. The number of rotatable bonds is 2. The monoisotopic (exact) mass is 163 g/mol. The summed E-state index contributed by atoms with van der Waals surface area (Å²) in [6.07, 6.45) is 2.92. The first kappa shape index (κ1) is 8.46. The molecule has 3 heteroatoms. The van der Waals surface area contributed by atoms with E-state index in [2.05, 4.69) is 11.6 Å². The van der Waals surface area contributed by atoms with Gasteiger partial charge in [-0.2, -0.15) is 0 Å². The smallest absolute Gasteiger partial charge is 0.337 e. The summed E-state index contributed by atoms with van der Waals surface area (Å²) in [7, 11) is 0. The van der Waals surface area contributed by atoms with Gasteiger partial charge in [0.1, 0.15) is 0 Å². The van der Waals surface area contributed by atoms with Crippen molar-refractivity contribution in [1.29, 1.82) is 0 Å². The van der Waals surface area contributed by atoms with Crippen LogP contribution in [0.5, 0.6) is 0 Å². The van der Waals surface area contributed by atoms with Crippen LogP contribution in [-0.4, -0.2) is 16.1 Å². The molecular formula is C9H9NO2. The normalized spacial score (nSPS) is 9.42. The molecule has 3 nitrogen and oxygen atoms in total. The first-order valence-corrected chi connectivity index (χ1v) is 3.47. The fraction of sp³-hybridized carbons (Fsp3) is 0.111. The van der Waals surface area contributed by atoms with Gasteiger partial charge in [-0.1, -0.05) is 6.58 Å². The predicted octanol–water partition coefficient (Wildman–Crippen LogP) is 1.73. The van der Waals surface area contributed by atoms with Crippen molar-refractivity contribution >= 4 is 12.0 Å². The lowest BCUT2D eigenvalue weighted by Crippen LogP contribution is -1.99. The van der Waals surface area contributed by atoms with Crippen molar-refractivity contribution in [2.75, 3.05) is 0 Å². The molecule has 0 aliphatic carbocycles. The van der Waals surface area contributed by atoms with Crippen molar-refractivity contribution in [3.63, 3.8) is 0 Å². The summed E-state index contributed by atoms with van der Waals surface area (Å²) in [5, 5.41) is 8.61. The molecule has 0 aliphatic heterocycles. The Balaban J connectivity index is 3.18. The molecule has 0 fully saturated rings. The molecule has 0 aromatic carbocycles. The highest BCUT2D eigenvalue weighted by molar-refractivity contribution is 5.87. The second kappa shape index (κ2) is 3.17. The maximum absolute atomic E-state index is 10.5. The Bertz CT molecular complexity index is 331. The number of hydrogen-bond donors (Lipinski definition) is 1. The number of aromatic nitrogens is 1. The highest BCUT2D eigenvalue weighted by Gasteiger charge is 2.04. The molecule has 0 saturated carbocycles. The minimum Gasteiger partial charge on any atom is -0.478 e. The Morgan fingerprint density at radius 2 is 2.42 bits per heavy atom. The van der Waals surface area contributed by atoms with Gasteiger partial charge in [-0.05, 0) is 24.6 Å². The second-order valence-electron chi connectivity index (χ2n) is 2.44. The number of aryl methyl sites for hydroxylation is 1. The van der Waals surface area contributed by atoms with E-state index in [0.29, 0.717) is 0 Å². The molecule has 1 heterocycles. The molecule has 0 saturated heterocycles. The second-order valence-corrected chi connectivity index (χ2v) is 2.44. The molecular weight excluding hydrogens is 154 g/mol. The molecule has 1 aromatic rings. The summed E-state index contributed by atoms with van der Waals surface area (Å²) in [6, 6.07) is 1.58. The lowest BCUT2D eigenvalue weighted by molar-refractivity contribution is 0.0696. The molecule has 1 N–H and O–H groups in total. The van der Waals surface area contributed by atoms with Crippen molar-refractivity contribution in [3.05, 3.63) is 35.7 Å². The van der Waals surface area contributed by atoms with Crippen LogP contribution < -0.4 is 0 Å². The molecule has 1 aromatic heterocycles. The summed E-state index contributed by atoms with van der Waals surface area (Å²) in [5.74, 6) is -0.957. The van der Waals surface area contributed by atoms with E-state index in [1.807, 2.05) is 0 Å². The highest BCUT2D eigenvalue weighted by atomic mass is 16.4. The van der Waals surface area contributed by atoms with Gasteiger partial charge in [-0.15, -0.1) is 0 Å². The Morgan fingerprint density at radius 3 is 2.83 bits per heavy atom. The Kier molecular flexibility index (Phi) is 2.24. The van der Waals surface area contributed by atoms with Crippen LogP contribution in [0.15, 0.2) is 18.8 Å². The lowest BCUT2D eigenvalue weighted by atomic mass is 10.1. The zero-order valence-electron chi connectivity index (χ0n) is 6.74. The maximum Gasteiger partial charge on any atom is 0.337 e. The van der Waals surface area contributed by atoms with Gasteiger partial charge in [0.05, 0.1) is 11.3 Å². The molecule has 0 atom stereocenters. The first-order chi connectivity index (χ1) is 5.65. The van der Waals surface area contributed by atoms with Gasteiger partial charge in [0.25, 0.3) is 0 Å². The zero-order valence-corrected chi connectivity index (χ0v) is 6.74. The topological polar surface area (TPSA) is 50.2 Å². The number of pyridine rings is 1. The fourth-order valence-corrected chi connectivity index (χ4v) is 0.916. The number of carboxylic acids is 1. The average molecular weight is 163 g/mol. The Hall–Kier alpha value is -1.64. The minimum atomic E-state index is -0.957. The van der Waals surface area contributed by atoms with Crippen molar-refractivity contribution in [2.24, 2.45) is 0 Å². The lowest BCUT2D eigenvalue weighted by Gasteiger charge is -1.99. The summed E-state index contributed by atoms with van der Waals surface area (Å²) < 4.78 is 0. The standard InChI is InChI=1S/C9H9NO2/c1-3-8-6(2)4-7(5-10-8)9(11)12/h3-5H,1H2,2H3,(H,11,12). The molecule has 62 valence electrons. The molecule has 1 rings (SSSR count). The third-order valence-corrected chi connectivity index (χ3v) is 1.56. The number of carbonyl (C=O) groups is 1. The van der Waals surface area contributed by atoms with Crippen LogP contribution in [0.4, 0.5) is 0 Å². The highest BCUT2D eigenvalue weighted by Crippen LogP contribution is 2.08. The summed E-state index contributed by atoms with van der Waals surface area (Å²) >= 11 is 0. The van der Waals surface area contributed by atoms with Crippen molar-refractivity contribution in [2.45, 2.75) is 6.92 Å². The van der Waals surface area contributed by atoms with Gasteiger partial charge < -0.3 is 5.11 Å². The third kappa shape index (κ3) is 1.50. The van der Waals surface area contributed by atoms with Gasteiger partial charge >= 0.3 is 5.97 Å². The van der Waals surface area contributed by atoms with Crippen molar-refractivity contribution in [3.8, 4) is 0 Å². The van der Waals surface area contributed by atoms with Gasteiger partial charge in [0.2, 0.25) is 0 Å². The van der Waals surface area contributed by atoms with Crippen molar-refractivity contribution < 1.29 is 9.90 Å². The number of carboxylic acid groups (broad SMARTS) is 1. The van der Waals surface area contributed by atoms with Crippen LogP contribution in [0.25, 0.3) is 6.08 Å². The largest absolute Gasteiger partial charge is 0.478 e. The molecule has 0 amide bonds. The number of nitrogens with zero attached hydrogens (tertiary/aromatic N) is 1. The van der Waals surface area contributed by atoms with E-state index in [4.69, 9.17) is 5.11 Å². The molecule has 12 heavy (non-hydrogen) atoms. The van der Waals surface area contributed by atoms with E-state index in [0.717, 1.165) is 11.3 Å². The van der Waals surface area contributed by atoms with E-state index in [9.17, 15) is 4.79 Å². The first-order valence-electron chi connectivity index (χ1n) is 3.47. The van der Waals surface area contributed by atoms with Crippen LogP contribution in [-0.2, 0) is 0 Å². The molecule has 0 aliphatic rings. The number of aromatic carboxylic acids is 1. The van der Waals surface area contributed by atoms with Gasteiger partial charge in [0.15, 0.2) is 0 Å². The molecule has 0 bridgehead atoms. The van der Waals surface area contributed by atoms with Gasteiger partial charge in [0, 0.05) is 6.20 Å². The fourth-order valence-electron chi connectivity index (χ4n) is 0.916. The van der Waals surface area contributed by atoms with Crippen LogP contribution in [0.1, 0.15) is 21.6 Å². The van der Waals surface area contributed by atoms with Crippen LogP contribution in [0.3, 0.4) is 0 Å². The van der Waals surface area contributed by atoms with E-state index < -0.39 is 5.97 Å². The van der Waals surface area contributed by atoms with Gasteiger partial charge in [-0.3, -0.25) is 4.98 Å². The van der Waals surface area contributed by atoms with Crippen molar-refractivity contribution in [1.82, 2.24) is 4.98 Å². The van der Waals surface area contributed by atoms with E-state index in [1.165, 1.54) is 6.20 Å². The van der Waals surface area contributed by atoms with Gasteiger partial charge in [-0.25, -0.2) is 4.79 Å². The summed E-state index contributed by atoms with van der Waals surface area (Å²) in [4.78, 5) is 14.4. The molecule has 0 radical (unpaired) electrons. The summed E-state index contributed by atoms with van der Waals surface area (Å²) in [6.45, 7) is 5.36. The molecule has 0 unspecified atom stereocenters. The average Bonchev–Trinajstić information content (AvgIpc) is 2.04. The van der Waals surface area contributed by atoms with Crippen LogP contribution in [0, 0.1) is 6.92 Å². The van der Waals surface area contributed by atoms with Crippen LogP contribution in [0.2, 0.25) is 0 Å².